The fraction of sp³-hybridized carbons (Fsp3) is 0.727. The molecule has 1 aliphatic carbocycles. The van der Waals surface area contributed by atoms with Gasteiger partial charge in [0.1, 0.15) is 6.04 Å². The summed E-state index contributed by atoms with van der Waals surface area (Å²) < 4.78 is 0. The summed E-state index contributed by atoms with van der Waals surface area (Å²) in [5.41, 5.74) is 0. The fourth-order valence-corrected chi connectivity index (χ4v) is 1.70. The molecule has 3 N–H and O–H groups in total. The van der Waals surface area contributed by atoms with Crippen LogP contribution in [0.5, 0.6) is 0 Å². The van der Waals surface area contributed by atoms with E-state index in [9.17, 15) is 14.4 Å². The molecule has 0 heterocycles. The van der Waals surface area contributed by atoms with E-state index >= 15 is 0 Å². The summed E-state index contributed by atoms with van der Waals surface area (Å²) in [6.07, 6.45) is 1.84. The van der Waals surface area contributed by atoms with Crippen LogP contribution < -0.4 is 10.6 Å². The van der Waals surface area contributed by atoms with Crippen LogP contribution >= 0.6 is 0 Å². The summed E-state index contributed by atoms with van der Waals surface area (Å²) in [5.74, 6) is -1.28. The Balaban J connectivity index is 2.45. The molecule has 1 rings (SSSR count). The van der Waals surface area contributed by atoms with E-state index in [1.54, 1.807) is 6.92 Å². The van der Waals surface area contributed by atoms with Crippen LogP contribution in [0.3, 0.4) is 0 Å². The third kappa shape index (κ3) is 4.84. The Kier molecular flexibility index (Phi) is 4.48. The van der Waals surface area contributed by atoms with Gasteiger partial charge in [-0.1, -0.05) is 0 Å². The molecule has 2 amide bonds. The molecule has 0 saturated heterocycles. The van der Waals surface area contributed by atoms with Crippen LogP contribution in [0.4, 0.5) is 0 Å². The number of carboxylic acids is 1. The van der Waals surface area contributed by atoms with Gasteiger partial charge in [0.25, 0.3) is 0 Å². The Hall–Kier alpha value is -1.59. The van der Waals surface area contributed by atoms with Crippen molar-refractivity contribution < 1.29 is 19.5 Å². The molecule has 0 aromatic heterocycles. The number of carbonyl (C=O) groups is 3. The molecule has 2 atom stereocenters. The van der Waals surface area contributed by atoms with E-state index in [2.05, 4.69) is 10.6 Å². The lowest BCUT2D eigenvalue weighted by atomic mass is 10.1. The lowest BCUT2D eigenvalue weighted by Crippen LogP contribution is -2.48. The molecule has 2 unspecified atom stereocenters. The number of amides is 2. The highest BCUT2D eigenvalue weighted by molar-refractivity contribution is 5.86. The molecule has 17 heavy (non-hydrogen) atoms. The average molecular weight is 242 g/mol. The molecular weight excluding hydrogens is 224 g/mol. The lowest BCUT2D eigenvalue weighted by molar-refractivity contribution is -0.138. The summed E-state index contributed by atoms with van der Waals surface area (Å²) in [6.45, 7) is 2.90. The maximum absolute atomic E-state index is 11.7. The molecule has 0 radical (unpaired) electrons. The lowest BCUT2D eigenvalue weighted by Gasteiger charge is -2.19. The Bertz CT molecular complexity index is 325. The second-order valence-corrected chi connectivity index (χ2v) is 4.47. The summed E-state index contributed by atoms with van der Waals surface area (Å²) in [7, 11) is 0. The van der Waals surface area contributed by atoms with Crippen molar-refractivity contribution in [2.24, 2.45) is 5.92 Å². The standard InChI is InChI=1S/C11H18N2O4/c1-6(12-7(2)14)11(17)13-9(5-10(15)16)8-3-4-8/h6,8-9H,3-5H2,1-2H3,(H,12,14)(H,13,17)(H,15,16). The van der Waals surface area contributed by atoms with Gasteiger partial charge in [-0.05, 0) is 25.7 Å². The van der Waals surface area contributed by atoms with Gasteiger partial charge in [-0.2, -0.15) is 0 Å². The van der Waals surface area contributed by atoms with Crippen molar-refractivity contribution in [2.75, 3.05) is 0 Å². The van der Waals surface area contributed by atoms with Gasteiger partial charge in [-0.25, -0.2) is 0 Å². The maximum atomic E-state index is 11.7. The van der Waals surface area contributed by atoms with Crippen LogP contribution in [-0.4, -0.2) is 35.0 Å². The largest absolute Gasteiger partial charge is 0.481 e. The molecule has 1 aliphatic rings. The first kappa shape index (κ1) is 13.5. The minimum absolute atomic E-state index is 0.0663. The van der Waals surface area contributed by atoms with Crippen molar-refractivity contribution in [3.63, 3.8) is 0 Å². The van der Waals surface area contributed by atoms with E-state index in [4.69, 9.17) is 5.11 Å². The number of carboxylic acid groups (broad SMARTS) is 1. The molecule has 1 saturated carbocycles. The molecule has 0 aliphatic heterocycles. The Morgan fingerprint density at radius 1 is 1.29 bits per heavy atom. The van der Waals surface area contributed by atoms with Crippen LogP contribution in [0, 0.1) is 5.92 Å². The molecule has 0 aromatic rings. The normalized spacial score (nSPS) is 18.0. The zero-order valence-corrected chi connectivity index (χ0v) is 10.0. The summed E-state index contributed by atoms with van der Waals surface area (Å²) in [6, 6.07) is -0.959. The van der Waals surface area contributed by atoms with Crippen molar-refractivity contribution in [1.29, 1.82) is 0 Å². The predicted molar refractivity (Wildman–Crippen MR) is 60.2 cm³/mol. The van der Waals surface area contributed by atoms with Crippen molar-refractivity contribution >= 4 is 17.8 Å². The first-order valence-corrected chi connectivity index (χ1v) is 5.69. The van der Waals surface area contributed by atoms with E-state index in [1.165, 1.54) is 6.92 Å². The van der Waals surface area contributed by atoms with Gasteiger partial charge in [0.15, 0.2) is 0 Å². The smallest absolute Gasteiger partial charge is 0.305 e. The summed E-state index contributed by atoms with van der Waals surface area (Å²) in [4.78, 5) is 33.1. The van der Waals surface area contributed by atoms with E-state index in [1.807, 2.05) is 0 Å². The van der Waals surface area contributed by atoms with Gasteiger partial charge >= 0.3 is 5.97 Å². The Morgan fingerprint density at radius 3 is 2.29 bits per heavy atom. The van der Waals surface area contributed by atoms with E-state index in [0.717, 1.165) is 12.8 Å². The molecular formula is C11H18N2O4. The highest BCUT2D eigenvalue weighted by Crippen LogP contribution is 2.34. The highest BCUT2D eigenvalue weighted by Gasteiger charge is 2.34. The molecule has 0 aromatic carbocycles. The minimum Gasteiger partial charge on any atom is -0.481 e. The van der Waals surface area contributed by atoms with Gasteiger partial charge in [0, 0.05) is 13.0 Å². The zero-order valence-electron chi connectivity index (χ0n) is 10.0. The maximum Gasteiger partial charge on any atom is 0.305 e. The van der Waals surface area contributed by atoms with E-state index < -0.39 is 12.0 Å². The first-order chi connectivity index (χ1) is 7.90. The average Bonchev–Trinajstić information content (AvgIpc) is 2.97. The van der Waals surface area contributed by atoms with Crippen molar-refractivity contribution in [2.45, 2.75) is 45.2 Å². The molecule has 6 nitrogen and oxygen atoms in total. The monoisotopic (exact) mass is 242 g/mol. The van der Waals surface area contributed by atoms with Crippen molar-refractivity contribution in [1.82, 2.24) is 10.6 Å². The molecule has 96 valence electrons. The Morgan fingerprint density at radius 2 is 1.88 bits per heavy atom. The van der Waals surface area contributed by atoms with Crippen LogP contribution in [0.2, 0.25) is 0 Å². The third-order valence-electron chi connectivity index (χ3n) is 2.73. The summed E-state index contributed by atoms with van der Waals surface area (Å²) in [5, 5.41) is 13.9. The quantitative estimate of drug-likeness (QED) is 0.605. The van der Waals surface area contributed by atoms with Crippen LogP contribution in [0.25, 0.3) is 0 Å². The second kappa shape index (κ2) is 5.65. The highest BCUT2D eigenvalue weighted by atomic mass is 16.4. The number of hydrogen-bond donors (Lipinski definition) is 3. The van der Waals surface area contributed by atoms with Crippen molar-refractivity contribution in [3.8, 4) is 0 Å². The van der Waals surface area contributed by atoms with Crippen molar-refractivity contribution in [3.05, 3.63) is 0 Å². The minimum atomic E-state index is -0.922. The van der Waals surface area contributed by atoms with Gasteiger partial charge < -0.3 is 15.7 Å². The number of aliphatic carboxylic acids is 1. The topological polar surface area (TPSA) is 95.5 Å². The van der Waals surface area contributed by atoms with Crippen LogP contribution in [0.1, 0.15) is 33.1 Å². The van der Waals surface area contributed by atoms with Crippen LogP contribution in [-0.2, 0) is 14.4 Å². The van der Waals surface area contributed by atoms with E-state index in [0.29, 0.717) is 0 Å². The predicted octanol–water partition coefficient (Wildman–Crippen LogP) is -0.119. The molecule has 0 spiro atoms. The molecule has 6 heteroatoms. The Labute approximate surface area is 99.8 Å². The second-order valence-electron chi connectivity index (χ2n) is 4.47. The SMILES string of the molecule is CC(=O)NC(C)C(=O)NC(CC(=O)O)C1CC1. The first-order valence-electron chi connectivity index (χ1n) is 5.69. The number of carbonyl (C=O) groups excluding carboxylic acids is 2. The number of rotatable bonds is 6. The summed E-state index contributed by atoms with van der Waals surface area (Å²) >= 11 is 0. The van der Waals surface area contributed by atoms with Gasteiger partial charge in [0.2, 0.25) is 11.8 Å². The van der Waals surface area contributed by atoms with Gasteiger partial charge in [0.05, 0.1) is 6.42 Å². The fourth-order valence-electron chi connectivity index (χ4n) is 1.70. The number of nitrogens with one attached hydrogen (secondary N) is 2. The third-order valence-corrected chi connectivity index (χ3v) is 2.73. The van der Waals surface area contributed by atoms with Gasteiger partial charge in [-0.15, -0.1) is 0 Å². The van der Waals surface area contributed by atoms with Crippen LogP contribution in [0.15, 0.2) is 0 Å². The molecule has 1 fully saturated rings. The molecule has 0 bridgehead atoms. The van der Waals surface area contributed by atoms with E-state index in [-0.39, 0.29) is 30.2 Å². The number of hydrogen-bond acceptors (Lipinski definition) is 3. The zero-order chi connectivity index (χ0) is 13.0. The van der Waals surface area contributed by atoms with Gasteiger partial charge in [-0.3, -0.25) is 14.4 Å².